The zero-order chi connectivity index (χ0) is 25.8. The molecule has 1 saturated heterocycles. The first-order chi connectivity index (χ1) is 18.0. The summed E-state index contributed by atoms with van der Waals surface area (Å²) in [7, 11) is 0. The van der Waals surface area contributed by atoms with Gasteiger partial charge in [-0.1, -0.05) is 35.5 Å². The van der Waals surface area contributed by atoms with E-state index in [0.29, 0.717) is 17.6 Å². The van der Waals surface area contributed by atoms with Crippen molar-refractivity contribution in [3.63, 3.8) is 0 Å². The van der Waals surface area contributed by atoms with Crippen LogP contribution in [0.4, 0.5) is 14.5 Å². The molecule has 8 nitrogen and oxygen atoms in total. The van der Waals surface area contributed by atoms with Crippen LogP contribution < -0.4 is 10.2 Å². The number of fused-ring (bicyclic) bond motifs is 1. The Morgan fingerprint density at radius 2 is 1.81 bits per heavy atom. The topological polar surface area (TPSA) is 89.4 Å². The van der Waals surface area contributed by atoms with Gasteiger partial charge in [-0.2, -0.15) is 0 Å². The van der Waals surface area contributed by atoms with Gasteiger partial charge < -0.3 is 10.1 Å². The minimum Gasteiger partial charge on any atom is -0.376 e. The molecule has 37 heavy (non-hydrogen) atoms. The molecule has 2 atom stereocenters. The predicted molar refractivity (Wildman–Crippen MR) is 133 cm³/mol. The van der Waals surface area contributed by atoms with E-state index in [1.807, 2.05) is 0 Å². The van der Waals surface area contributed by atoms with Gasteiger partial charge in [-0.15, -0.1) is 5.10 Å². The lowest BCUT2D eigenvalue weighted by atomic mass is 10.0. The molecule has 1 N–H and O–H groups in total. The minimum atomic E-state index is -1.37. The summed E-state index contributed by atoms with van der Waals surface area (Å²) in [6, 6.07) is 16.7. The van der Waals surface area contributed by atoms with Gasteiger partial charge in [0.15, 0.2) is 0 Å². The van der Waals surface area contributed by atoms with Crippen molar-refractivity contribution in [3.05, 3.63) is 90.0 Å². The number of benzene rings is 3. The van der Waals surface area contributed by atoms with E-state index in [0.717, 1.165) is 12.8 Å². The number of hydrogen-bond acceptors (Lipinski definition) is 5. The molecule has 5 rings (SSSR count). The maximum atomic E-state index is 15.1. The molecule has 0 saturated carbocycles. The summed E-state index contributed by atoms with van der Waals surface area (Å²) in [6.07, 6.45) is 1.54. The van der Waals surface area contributed by atoms with Crippen LogP contribution >= 0.6 is 0 Å². The number of aromatic nitrogens is 3. The molecule has 1 aliphatic rings. The van der Waals surface area contributed by atoms with E-state index in [2.05, 4.69) is 15.6 Å². The molecule has 0 bridgehead atoms. The van der Waals surface area contributed by atoms with Gasteiger partial charge in [0.05, 0.1) is 11.6 Å². The number of nitrogens with one attached hydrogen (secondary N) is 1. The third-order valence-corrected chi connectivity index (χ3v) is 6.31. The van der Waals surface area contributed by atoms with Crippen LogP contribution in [0.1, 0.15) is 24.4 Å². The number of nitrogens with zero attached hydrogens (tertiary/aromatic N) is 4. The molecular weight excluding hydrogens is 480 g/mol. The first-order valence-corrected chi connectivity index (χ1v) is 12.0. The van der Waals surface area contributed by atoms with E-state index < -0.39 is 29.5 Å². The summed E-state index contributed by atoms with van der Waals surface area (Å²) in [5, 5.41) is 11.0. The number of carbonyl (C=O) groups is 2. The van der Waals surface area contributed by atoms with Crippen molar-refractivity contribution >= 4 is 28.5 Å². The smallest absolute Gasteiger partial charge is 0.249 e. The Labute approximate surface area is 211 Å². The zero-order valence-corrected chi connectivity index (χ0v) is 19.9. The van der Waals surface area contributed by atoms with Crippen molar-refractivity contribution in [3.8, 4) is 0 Å². The summed E-state index contributed by atoms with van der Waals surface area (Å²) >= 11 is 0. The number of amides is 2. The molecular formula is C27H25F2N5O3. The molecule has 1 aliphatic heterocycles. The summed E-state index contributed by atoms with van der Waals surface area (Å²) in [5.74, 6) is -2.29. The minimum absolute atomic E-state index is 0.00784. The van der Waals surface area contributed by atoms with Gasteiger partial charge in [0, 0.05) is 24.4 Å². The lowest BCUT2D eigenvalue weighted by molar-refractivity contribution is -0.127. The monoisotopic (exact) mass is 505 g/mol. The van der Waals surface area contributed by atoms with E-state index >= 15 is 4.39 Å². The number of ether oxygens (including phenoxy) is 1. The van der Waals surface area contributed by atoms with Gasteiger partial charge >= 0.3 is 0 Å². The molecule has 0 unspecified atom stereocenters. The second-order valence-electron chi connectivity index (χ2n) is 8.78. The van der Waals surface area contributed by atoms with Crippen molar-refractivity contribution in [1.29, 1.82) is 0 Å². The Hall–Kier alpha value is -4.18. The van der Waals surface area contributed by atoms with E-state index in [9.17, 15) is 14.0 Å². The number of halogens is 2. The number of carbonyl (C=O) groups excluding carboxylic acids is 2. The van der Waals surface area contributed by atoms with Crippen LogP contribution in [0, 0.1) is 11.6 Å². The second kappa shape index (κ2) is 10.8. The first-order valence-electron chi connectivity index (χ1n) is 12.0. The molecule has 1 fully saturated rings. The van der Waals surface area contributed by atoms with Crippen molar-refractivity contribution < 1.29 is 23.1 Å². The molecule has 4 aromatic rings. The Morgan fingerprint density at radius 3 is 2.57 bits per heavy atom. The largest absolute Gasteiger partial charge is 0.376 e. The van der Waals surface area contributed by atoms with Gasteiger partial charge in [-0.05, 0) is 55.3 Å². The van der Waals surface area contributed by atoms with Gasteiger partial charge in [-0.25, -0.2) is 13.5 Å². The highest BCUT2D eigenvalue weighted by atomic mass is 19.1. The third kappa shape index (κ3) is 5.34. The van der Waals surface area contributed by atoms with Crippen molar-refractivity contribution in [2.45, 2.75) is 31.5 Å². The molecule has 190 valence electrons. The molecule has 2 amide bonds. The van der Waals surface area contributed by atoms with Crippen LogP contribution in [-0.4, -0.2) is 46.1 Å². The Balaban J connectivity index is 1.54. The van der Waals surface area contributed by atoms with Gasteiger partial charge in [0.1, 0.15) is 29.7 Å². The van der Waals surface area contributed by atoms with Crippen LogP contribution in [0.25, 0.3) is 11.0 Å². The SMILES string of the molecule is O=C(NC[C@@H]1CCCO1)[C@@H](c1ccccc1F)N(C(=O)Cn1nnc2ccccc21)c1ccc(F)cc1. The summed E-state index contributed by atoms with van der Waals surface area (Å²) in [5.41, 5.74) is 1.47. The van der Waals surface area contributed by atoms with Gasteiger partial charge in [-0.3, -0.25) is 14.5 Å². The quantitative estimate of drug-likeness (QED) is 0.394. The summed E-state index contributed by atoms with van der Waals surface area (Å²) < 4.78 is 35.9. The predicted octanol–water partition coefficient (Wildman–Crippen LogP) is 3.78. The van der Waals surface area contributed by atoms with Gasteiger partial charge in [0.25, 0.3) is 0 Å². The molecule has 10 heteroatoms. The zero-order valence-electron chi connectivity index (χ0n) is 19.9. The summed E-state index contributed by atoms with van der Waals surface area (Å²) in [4.78, 5) is 28.6. The molecule has 0 aliphatic carbocycles. The standard InChI is InChI=1S/C27H25F2N5O3/c28-18-11-13-19(14-12-18)34(25(35)17-33-24-10-4-3-9-23(24)31-32-33)26(21-7-1-2-8-22(21)29)27(36)30-16-20-6-5-15-37-20/h1-4,7-14,20,26H,5-6,15-17H2,(H,30,36)/t20-,26+/m0/s1. The van der Waals surface area contributed by atoms with Crippen molar-refractivity contribution in [2.75, 3.05) is 18.1 Å². The average Bonchev–Trinajstić information content (AvgIpc) is 3.58. The van der Waals surface area contributed by atoms with Crippen LogP contribution in [-0.2, 0) is 20.9 Å². The lowest BCUT2D eigenvalue weighted by Crippen LogP contribution is -2.47. The molecule has 2 heterocycles. The van der Waals surface area contributed by atoms with E-state index in [4.69, 9.17) is 4.74 Å². The molecule has 1 aromatic heterocycles. The Kier molecular flexibility index (Phi) is 7.18. The number of anilines is 1. The fourth-order valence-electron chi connectivity index (χ4n) is 4.49. The highest BCUT2D eigenvalue weighted by molar-refractivity contribution is 6.01. The van der Waals surface area contributed by atoms with E-state index in [-0.39, 0.29) is 30.4 Å². The van der Waals surface area contributed by atoms with Crippen molar-refractivity contribution in [2.24, 2.45) is 0 Å². The van der Waals surface area contributed by atoms with Crippen LogP contribution in [0.15, 0.2) is 72.8 Å². The van der Waals surface area contributed by atoms with Gasteiger partial charge in [0.2, 0.25) is 11.8 Å². The van der Waals surface area contributed by atoms with Crippen LogP contribution in [0.5, 0.6) is 0 Å². The summed E-state index contributed by atoms with van der Waals surface area (Å²) in [6.45, 7) is 0.564. The van der Waals surface area contributed by atoms with Crippen LogP contribution in [0.3, 0.4) is 0 Å². The second-order valence-corrected chi connectivity index (χ2v) is 8.78. The maximum absolute atomic E-state index is 15.1. The molecule has 0 spiro atoms. The number of rotatable bonds is 8. The number of hydrogen-bond donors (Lipinski definition) is 1. The van der Waals surface area contributed by atoms with Crippen LogP contribution in [0.2, 0.25) is 0 Å². The lowest BCUT2D eigenvalue weighted by Gasteiger charge is -2.32. The number of para-hydroxylation sites is 1. The van der Waals surface area contributed by atoms with E-state index in [1.165, 1.54) is 52.0 Å². The maximum Gasteiger partial charge on any atom is 0.249 e. The van der Waals surface area contributed by atoms with E-state index in [1.54, 1.807) is 30.3 Å². The highest BCUT2D eigenvalue weighted by Gasteiger charge is 2.35. The Bertz CT molecular complexity index is 1400. The molecule has 3 aromatic carbocycles. The first kappa shape index (κ1) is 24.5. The fraction of sp³-hybridized carbons (Fsp3) is 0.259. The highest BCUT2D eigenvalue weighted by Crippen LogP contribution is 2.30. The molecule has 0 radical (unpaired) electrons. The normalized spacial score (nSPS) is 16.0. The third-order valence-electron chi connectivity index (χ3n) is 6.31. The van der Waals surface area contributed by atoms with Crippen molar-refractivity contribution in [1.82, 2.24) is 20.3 Å². The Morgan fingerprint density at radius 1 is 1.05 bits per heavy atom. The average molecular weight is 506 g/mol. The fourth-order valence-corrected chi connectivity index (χ4v) is 4.49.